The Hall–Kier alpha value is -2.18. The van der Waals surface area contributed by atoms with Crippen molar-refractivity contribution in [3.05, 3.63) is 22.2 Å². The van der Waals surface area contributed by atoms with Crippen molar-refractivity contribution in [3.8, 4) is 0 Å². The molecule has 0 radical (unpaired) electrons. The largest absolute Gasteiger partial charge is 0.372 e. The average molecular weight is 306 g/mol. The van der Waals surface area contributed by atoms with Crippen molar-refractivity contribution in [1.29, 1.82) is 0 Å². The number of hydrogen-bond donors (Lipinski definition) is 0. The quantitative estimate of drug-likeness (QED) is 0.598. The third-order valence-corrected chi connectivity index (χ3v) is 3.61. The number of fused-ring (bicyclic) bond motifs is 1. The summed E-state index contributed by atoms with van der Waals surface area (Å²) in [6, 6.07) is 3.16. The van der Waals surface area contributed by atoms with Crippen molar-refractivity contribution >= 4 is 22.4 Å². The SMILES string of the molecule is CC(C)CC(C)(C)CN(C)c1ccc([N+](=O)[O-])c2nonc12. The maximum atomic E-state index is 11.0. The maximum Gasteiger partial charge on any atom is 0.300 e. The second-order valence-electron chi connectivity index (χ2n) is 6.94. The van der Waals surface area contributed by atoms with Crippen LogP contribution in [-0.2, 0) is 0 Å². The van der Waals surface area contributed by atoms with Gasteiger partial charge in [0.05, 0.1) is 10.6 Å². The summed E-state index contributed by atoms with van der Waals surface area (Å²) in [5.74, 6) is 0.606. The molecule has 1 aromatic carbocycles. The molecule has 1 heterocycles. The fourth-order valence-electron chi connectivity index (χ4n) is 3.19. The van der Waals surface area contributed by atoms with E-state index in [-0.39, 0.29) is 16.6 Å². The van der Waals surface area contributed by atoms with E-state index in [2.05, 4.69) is 42.9 Å². The molecule has 7 nitrogen and oxygen atoms in total. The Morgan fingerprint density at radius 2 is 1.95 bits per heavy atom. The molecular weight excluding hydrogens is 284 g/mol. The molecule has 0 saturated carbocycles. The van der Waals surface area contributed by atoms with Crippen molar-refractivity contribution in [2.45, 2.75) is 34.1 Å². The van der Waals surface area contributed by atoms with Crippen LogP contribution in [0.1, 0.15) is 34.1 Å². The summed E-state index contributed by atoms with van der Waals surface area (Å²) in [5.41, 5.74) is 1.44. The second kappa shape index (κ2) is 5.90. The van der Waals surface area contributed by atoms with Gasteiger partial charge in [-0.1, -0.05) is 27.7 Å². The Labute approximate surface area is 129 Å². The fraction of sp³-hybridized carbons (Fsp3) is 0.600. The summed E-state index contributed by atoms with van der Waals surface area (Å²) in [4.78, 5) is 12.6. The van der Waals surface area contributed by atoms with Gasteiger partial charge in [0.2, 0.25) is 5.52 Å². The average Bonchev–Trinajstić information content (AvgIpc) is 2.83. The van der Waals surface area contributed by atoms with Gasteiger partial charge in [0.25, 0.3) is 0 Å². The molecule has 0 saturated heterocycles. The number of hydrogen-bond acceptors (Lipinski definition) is 6. The number of nitro benzene ring substituents is 1. The van der Waals surface area contributed by atoms with Crippen molar-refractivity contribution < 1.29 is 9.55 Å². The molecule has 0 bridgehead atoms. The normalized spacial score (nSPS) is 12.1. The monoisotopic (exact) mass is 306 g/mol. The molecule has 0 aliphatic heterocycles. The minimum atomic E-state index is -0.473. The molecular formula is C15H22N4O3. The summed E-state index contributed by atoms with van der Waals surface area (Å²) in [5, 5.41) is 18.5. The first-order chi connectivity index (χ1) is 10.2. The third-order valence-electron chi connectivity index (χ3n) is 3.61. The van der Waals surface area contributed by atoms with Crippen LogP contribution >= 0.6 is 0 Å². The zero-order valence-corrected chi connectivity index (χ0v) is 13.7. The highest BCUT2D eigenvalue weighted by Crippen LogP contribution is 2.33. The predicted molar refractivity (Wildman–Crippen MR) is 85.0 cm³/mol. The van der Waals surface area contributed by atoms with Crippen molar-refractivity contribution in [2.24, 2.45) is 11.3 Å². The fourth-order valence-corrected chi connectivity index (χ4v) is 3.19. The van der Waals surface area contributed by atoms with Crippen molar-refractivity contribution in [3.63, 3.8) is 0 Å². The Balaban J connectivity index is 2.33. The van der Waals surface area contributed by atoms with Gasteiger partial charge in [0.15, 0.2) is 5.52 Å². The van der Waals surface area contributed by atoms with Gasteiger partial charge >= 0.3 is 5.69 Å². The van der Waals surface area contributed by atoms with Gasteiger partial charge in [-0.05, 0) is 34.1 Å². The van der Waals surface area contributed by atoms with Gasteiger partial charge in [-0.25, -0.2) is 4.63 Å². The summed E-state index contributed by atoms with van der Waals surface area (Å²) in [7, 11) is 1.96. The number of nitrogens with zero attached hydrogens (tertiary/aromatic N) is 4. The zero-order chi connectivity index (χ0) is 16.5. The maximum absolute atomic E-state index is 11.0. The van der Waals surface area contributed by atoms with E-state index >= 15 is 0 Å². The molecule has 0 atom stereocenters. The van der Waals surface area contributed by atoms with Gasteiger partial charge in [-0.3, -0.25) is 10.1 Å². The molecule has 1 aromatic heterocycles. The first kappa shape index (κ1) is 16.2. The number of rotatable bonds is 6. The summed E-state index contributed by atoms with van der Waals surface area (Å²) >= 11 is 0. The number of benzene rings is 1. The Bertz CT molecular complexity index is 678. The van der Waals surface area contributed by atoms with Crippen LogP contribution in [0.25, 0.3) is 11.0 Å². The van der Waals surface area contributed by atoms with Crippen LogP contribution in [0.3, 0.4) is 0 Å². The van der Waals surface area contributed by atoms with Gasteiger partial charge in [-0.2, -0.15) is 0 Å². The van der Waals surface area contributed by atoms with E-state index in [1.807, 2.05) is 7.05 Å². The lowest BCUT2D eigenvalue weighted by Gasteiger charge is -2.32. The molecule has 7 heteroatoms. The van der Waals surface area contributed by atoms with Crippen molar-refractivity contribution in [2.75, 3.05) is 18.5 Å². The molecule has 0 fully saturated rings. The van der Waals surface area contributed by atoms with E-state index < -0.39 is 4.92 Å². The standard InChI is InChI=1S/C15H22N4O3/c1-10(2)8-15(3,4)9-18(5)11-6-7-12(19(20)21)14-13(11)16-22-17-14/h6-7,10H,8-9H2,1-5H3. The number of non-ortho nitro benzene ring substituents is 1. The highest BCUT2D eigenvalue weighted by Gasteiger charge is 2.25. The molecule has 0 N–H and O–H groups in total. The number of aromatic nitrogens is 2. The highest BCUT2D eigenvalue weighted by molar-refractivity contribution is 5.93. The third kappa shape index (κ3) is 3.35. The van der Waals surface area contributed by atoms with E-state index in [0.29, 0.717) is 11.4 Å². The predicted octanol–water partition coefficient (Wildman–Crippen LogP) is 3.64. The van der Waals surface area contributed by atoms with E-state index in [1.165, 1.54) is 6.07 Å². The van der Waals surface area contributed by atoms with Gasteiger partial charge in [0.1, 0.15) is 0 Å². The summed E-state index contributed by atoms with van der Waals surface area (Å²) < 4.78 is 4.71. The Morgan fingerprint density at radius 1 is 1.32 bits per heavy atom. The first-order valence-electron chi connectivity index (χ1n) is 7.32. The smallest absolute Gasteiger partial charge is 0.300 e. The minimum Gasteiger partial charge on any atom is -0.372 e. The number of anilines is 1. The topological polar surface area (TPSA) is 85.3 Å². The van der Waals surface area contributed by atoms with Gasteiger partial charge in [0, 0.05) is 19.7 Å². The van der Waals surface area contributed by atoms with Crippen LogP contribution in [0.15, 0.2) is 16.8 Å². The Morgan fingerprint density at radius 3 is 2.55 bits per heavy atom. The Kier molecular flexibility index (Phi) is 4.35. The molecule has 0 aliphatic rings. The van der Waals surface area contributed by atoms with Crippen molar-refractivity contribution in [1.82, 2.24) is 10.3 Å². The molecule has 120 valence electrons. The van der Waals surface area contributed by atoms with Crippen LogP contribution in [0.5, 0.6) is 0 Å². The summed E-state index contributed by atoms with van der Waals surface area (Å²) in [6.07, 6.45) is 1.09. The molecule has 0 aliphatic carbocycles. The highest BCUT2D eigenvalue weighted by atomic mass is 16.6. The molecule has 0 amide bonds. The van der Waals surface area contributed by atoms with E-state index in [1.54, 1.807) is 6.07 Å². The lowest BCUT2D eigenvalue weighted by atomic mass is 9.83. The second-order valence-corrected chi connectivity index (χ2v) is 6.94. The van der Waals surface area contributed by atoms with E-state index in [9.17, 15) is 10.1 Å². The van der Waals surface area contributed by atoms with Gasteiger partial charge in [-0.15, -0.1) is 0 Å². The van der Waals surface area contributed by atoms with Crippen LogP contribution in [0.4, 0.5) is 11.4 Å². The van der Waals surface area contributed by atoms with Gasteiger partial charge < -0.3 is 4.90 Å². The lowest BCUT2D eigenvalue weighted by molar-refractivity contribution is -0.383. The zero-order valence-electron chi connectivity index (χ0n) is 13.7. The van der Waals surface area contributed by atoms with E-state index in [0.717, 1.165) is 18.7 Å². The number of nitro groups is 1. The molecule has 2 rings (SSSR count). The molecule has 0 unspecified atom stereocenters. The molecule has 22 heavy (non-hydrogen) atoms. The van der Waals surface area contributed by atoms with Crippen LogP contribution in [0.2, 0.25) is 0 Å². The van der Waals surface area contributed by atoms with Crippen LogP contribution < -0.4 is 4.90 Å². The van der Waals surface area contributed by atoms with E-state index in [4.69, 9.17) is 4.63 Å². The molecule has 2 aromatic rings. The first-order valence-corrected chi connectivity index (χ1v) is 7.32. The molecule has 0 spiro atoms. The summed E-state index contributed by atoms with van der Waals surface area (Å²) in [6.45, 7) is 9.64. The van der Waals surface area contributed by atoms with Crippen LogP contribution in [0, 0.1) is 21.4 Å². The lowest BCUT2D eigenvalue weighted by Crippen LogP contribution is -2.32. The van der Waals surface area contributed by atoms with Crippen LogP contribution in [-0.4, -0.2) is 28.8 Å². The minimum absolute atomic E-state index is 0.0881.